The Morgan fingerprint density at radius 3 is 2.25 bits per heavy atom. The number of carboxylic acid groups (broad SMARTS) is 1. The van der Waals surface area contributed by atoms with E-state index in [1.54, 1.807) is 30.3 Å². The molecule has 0 saturated heterocycles. The molecule has 0 aliphatic carbocycles. The maximum atomic E-state index is 11.2. The van der Waals surface area contributed by atoms with Crippen molar-refractivity contribution in [1.29, 1.82) is 0 Å². The van der Waals surface area contributed by atoms with E-state index in [0.29, 0.717) is 5.56 Å². The monoisotopic (exact) mass is 223 g/mol. The molecular formula is C11H13NO4. The number of hydrogen-bond acceptors (Lipinski definition) is 3. The van der Waals surface area contributed by atoms with E-state index >= 15 is 0 Å². The number of carbonyl (C=O) groups is 2. The largest absolute Gasteiger partial charge is 0.479 e. The maximum Gasteiger partial charge on any atom is 0.336 e. The summed E-state index contributed by atoms with van der Waals surface area (Å²) in [4.78, 5) is 22.2. The first-order valence-corrected chi connectivity index (χ1v) is 4.71. The predicted octanol–water partition coefficient (Wildman–Crippen LogP) is 0.0949. The van der Waals surface area contributed by atoms with E-state index in [2.05, 4.69) is 5.32 Å². The third-order valence-electron chi connectivity index (χ3n) is 2.26. The molecule has 1 aromatic carbocycles. The Hall–Kier alpha value is -1.88. The van der Waals surface area contributed by atoms with Crippen LogP contribution in [0.3, 0.4) is 0 Å². The van der Waals surface area contributed by atoms with Crippen LogP contribution in [0.25, 0.3) is 0 Å². The lowest BCUT2D eigenvalue weighted by Gasteiger charge is -2.28. The van der Waals surface area contributed by atoms with Gasteiger partial charge in [-0.05, 0) is 5.56 Å². The van der Waals surface area contributed by atoms with Gasteiger partial charge in [0.05, 0.1) is 6.61 Å². The number of hydrogen-bond donors (Lipinski definition) is 3. The number of benzene rings is 1. The van der Waals surface area contributed by atoms with Gasteiger partial charge in [-0.2, -0.15) is 0 Å². The summed E-state index contributed by atoms with van der Waals surface area (Å²) in [6, 6.07) is 8.09. The third-order valence-corrected chi connectivity index (χ3v) is 2.26. The first-order chi connectivity index (χ1) is 7.53. The fraction of sp³-hybridized carbons (Fsp3) is 0.273. The van der Waals surface area contributed by atoms with Crippen LogP contribution in [0.1, 0.15) is 12.5 Å². The van der Waals surface area contributed by atoms with Crippen molar-refractivity contribution in [3.63, 3.8) is 0 Å². The molecule has 0 radical (unpaired) electrons. The summed E-state index contributed by atoms with van der Waals surface area (Å²) in [6.07, 6.45) is 0. The molecule has 0 unspecified atom stereocenters. The van der Waals surface area contributed by atoms with Crippen LogP contribution in [0.15, 0.2) is 30.3 Å². The smallest absolute Gasteiger partial charge is 0.336 e. The van der Waals surface area contributed by atoms with E-state index in [4.69, 9.17) is 5.11 Å². The van der Waals surface area contributed by atoms with Crippen LogP contribution in [0.5, 0.6) is 0 Å². The quantitative estimate of drug-likeness (QED) is 0.675. The second-order valence-electron chi connectivity index (χ2n) is 3.42. The summed E-state index contributed by atoms with van der Waals surface area (Å²) in [7, 11) is 0. The zero-order chi connectivity index (χ0) is 12.2. The van der Waals surface area contributed by atoms with Gasteiger partial charge in [0.25, 0.3) is 0 Å². The van der Waals surface area contributed by atoms with Gasteiger partial charge in [-0.15, -0.1) is 0 Å². The van der Waals surface area contributed by atoms with Crippen LogP contribution >= 0.6 is 0 Å². The highest BCUT2D eigenvalue weighted by molar-refractivity contribution is 5.87. The maximum absolute atomic E-state index is 11.2. The van der Waals surface area contributed by atoms with Gasteiger partial charge in [0.1, 0.15) is 0 Å². The first-order valence-electron chi connectivity index (χ1n) is 4.71. The van der Waals surface area contributed by atoms with Crippen molar-refractivity contribution in [3.05, 3.63) is 35.9 Å². The average Bonchev–Trinajstić information content (AvgIpc) is 2.26. The normalized spacial score (nSPS) is 13.9. The second-order valence-corrected chi connectivity index (χ2v) is 3.42. The molecule has 5 heteroatoms. The molecule has 1 atom stereocenters. The molecule has 0 aromatic heterocycles. The topological polar surface area (TPSA) is 86.6 Å². The summed E-state index contributed by atoms with van der Waals surface area (Å²) in [5.74, 6) is -1.81. The minimum absolute atomic E-state index is 0.334. The van der Waals surface area contributed by atoms with Gasteiger partial charge < -0.3 is 15.5 Å². The number of carbonyl (C=O) groups excluding carboxylic acids is 1. The van der Waals surface area contributed by atoms with E-state index < -0.39 is 24.0 Å². The molecule has 1 aromatic rings. The van der Waals surface area contributed by atoms with E-state index in [1.807, 2.05) is 0 Å². The highest BCUT2D eigenvalue weighted by atomic mass is 16.4. The van der Waals surface area contributed by atoms with Crippen LogP contribution < -0.4 is 5.32 Å². The molecule has 0 heterocycles. The molecule has 5 nitrogen and oxygen atoms in total. The lowest BCUT2D eigenvalue weighted by Crippen LogP contribution is -2.53. The summed E-state index contributed by atoms with van der Waals surface area (Å²) < 4.78 is 0. The number of nitrogens with one attached hydrogen (secondary N) is 1. The zero-order valence-corrected chi connectivity index (χ0v) is 8.80. The lowest BCUT2D eigenvalue weighted by molar-refractivity contribution is -0.150. The molecule has 1 amide bonds. The number of rotatable bonds is 4. The number of aliphatic hydroxyl groups excluding tert-OH is 1. The molecule has 0 fully saturated rings. The fourth-order valence-electron chi connectivity index (χ4n) is 1.47. The van der Waals surface area contributed by atoms with Crippen LogP contribution in [-0.2, 0) is 15.1 Å². The summed E-state index contributed by atoms with van der Waals surface area (Å²) in [5, 5.41) is 20.7. The minimum Gasteiger partial charge on any atom is -0.479 e. The van der Waals surface area contributed by atoms with Crippen LogP contribution in [0.2, 0.25) is 0 Å². The van der Waals surface area contributed by atoms with Crippen LogP contribution in [0.4, 0.5) is 0 Å². The highest BCUT2D eigenvalue weighted by Gasteiger charge is 2.40. The Balaban J connectivity index is 3.23. The molecule has 0 spiro atoms. The number of carboxylic acids is 1. The van der Waals surface area contributed by atoms with E-state index in [-0.39, 0.29) is 0 Å². The van der Waals surface area contributed by atoms with Crippen molar-refractivity contribution < 1.29 is 19.8 Å². The Kier molecular flexibility index (Phi) is 3.63. The van der Waals surface area contributed by atoms with Crippen molar-refractivity contribution >= 4 is 11.9 Å². The van der Waals surface area contributed by atoms with Gasteiger partial charge in [-0.3, -0.25) is 4.79 Å². The predicted molar refractivity (Wildman–Crippen MR) is 56.7 cm³/mol. The first kappa shape index (κ1) is 12.2. The van der Waals surface area contributed by atoms with Gasteiger partial charge in [-0.25, -0.2) is 4.79 Å². The molecule has 86 valence electrons. The van der Waals surface area contributed by atoms with Crippen molar-refractivity contribution in [2.24, 2.45) is 0 Å². The van der Waals surface area contributed by atoms with Crippen molar-refractivity contribution in [2.45, 2.75) is 12.5 Å². The summed E-state index contributed by atoms with van der Waals surface area (Å²) in [5.41, 5.74) is -1.44. The summed E-state index contributed by atoms with van der Waals surface area (Å²) in [6.45, 7) is 0.502. The molecular weight excluding hydrogens is 210 g/mol. The molecule has 1 rings (SSSR count). The van der Waals surface area contributed by atoms with Gasteiger partial charge in [0.15, 0.2) is 5.54 Å². The van der Waals surface area contributed by atoms with Gasteiger partial charge in [0, 0.05) is 6.92 Å². The van der Waals surface area contributed by atoms with Crippen molar-refractivity contribution in [2.75, 3.05) is 6.61 Å². The Bertz CT molecular complexity index is 390. The number of aliphatic hydroxyl groups is 1. The number of aliphatic carboxylic acids is 1. The molecule has 0 aliphatic rings. The Morgan fingerprint density at radius 2 is 1.88 bits per heavy atom. The molecule has 16 heavy (non-hydrogen) atoms. The standard InChI is InChI=1S/C11H13NO4/c1-8(14)12-11(7-13,10(15)16)9-5-3-2-4-6-9/h2-6,13H,7H2,1H3,(H,12,14)(H,15,16)/t11-/m1/s1. The van der Waals surface area contributed by atoms with Crippen LogP contribution in [-0.4, -0.2) is 28.7 Å². The molecule has 0 bridgehead atoms. The molecule has 3 N–H and O–H groups in total. The Labute approximate surface area is 92.7 Å². The fourth-order valence-corrected chi connectivity index (χ4v) is 1.47. The van der Waals surface area contributed by atoms with E-state index in [1.165, 1.54) is 6.92 Å². The molecule has 0 aliphatic heterocycles. The SMILES string of the molecule is CC(=O)N[C@@](CO)(C(=O)O)c1ccccc1. The van der Waals surface area contributed by atoms with E-state index in [0.717, 1.165) is 0 Å². The highest BCUT2D eigenvalue weighted by Crippen LogP contribution is 2.20. The van der Waals surface area contributed by atoms with E-state index in [9.17, 15) is 14.7 Å². The minimum atomic E-state index is -1.77. The number of amides is 1. The lowest BCUT2D eigenvalue weighted by atomic mass is 9.90. The van der Waals surface area contributed by atoms with Gasteiger partial charge in [0.2, 0.25) is 5.91 Å². The average molecular weight is 223 g/mol. The van der Waals surface area contributed by atoms with Gasteiger partial charge in [-0.1, -0.05) is 30.3 Å². The van der Waals surface area contributed by atoms with Crippen molar-refractivity contribution in [3.8, 4) is 0 Å². The zero-order valence-electron chi connectivity index (χ0n) is 8.80. The van der Waals surface area contributed by atoms with Crippen LogP contribution in [0, 0.1) is 0 Å². The third kappa shape index (κ3) is 2.20. The molecule has 0 saturated carbocycles. The van der Waals surface area contributed by atoms with Gasteiger partial charge >= 0.3 is 5.97 Å². The second kappa shape index (κ2) is 4.76. The Morgan fingerprint density at radius 1 is 1.31 bits per heavy atom. The van der Waals surface area contributed by atoms with Crippen molar-refractivity contribution in [1.82, 2.24) is 5.32 Å². The summed E-state index contributed by atoms with van der Waals surface area (Å²) >= 11 is 0.